The Kier molecular flexibility index (Phi) is 11.0. The molecular formula is C46H48N4O2Pt. The summed E-state index contributed by atoms with van der Waals surface area (Å²) in [4.78, 5) is 4.76. The molecule has 3 heterocycles. The quantitative estimate of drug-likeness (QED) is 0.121. The van der Waals surface area contributed by atoms with Gasteiger partial charge in [-0.15, -0.1) is 41.3 Å². The van der Waals surface area contributed by atoms with E-state index in [-0.39, 0.29) is 38.5 Å². The summed E-state index contributed by atoms with van der Waals surface area (Å²) in [7, 11) is 0. The maximum Gasteiger partial charge on any atom is 2.00 e. The van der Waals surface area contributed by atoms with Gasteiger partial charge in [0, 0.05) is 40.3 Å². The smallest absolute Gasteiger partial charge is 0.509 e. The second kappa shape index (κ2) is 15.4. The fourth-order valence-electron chi connectivity index (χ4n) is 6.91. The van der Waals surface area contributed by atoms with Gasteiger partial charge in [0.1, 0.15) is 11.6 Å². The van der Waals surface area contributed by atoms with Crippen LogP contribution in [-0.2, 0) is 32.9 Å². The van der Waals surface area contributed by atoms with Crippen LogP contribution in [0.5, 0.6) is 17.2 Å². The fraction of sp³-hybridized carbons (Fsp3) is 0.304. The first-order valence-electron chi connectivity index (χ1n) is 18.5. The molecule has 0 spiro atoms. The minimum Gasteiger partial charge on any atom is -0.509 e. The van der Waals surface area contributed by atoms with E-state index in [9.17, 15) is 0 Å². The van der Waals surface area contributed by atoms with Crippen LogP contribution in [0.3, 0.4) is 0 Å². The SMILES string of the molecule is CCc1nn(-c2[c-]c(Oc3[c-]c4c(cc3)c3ccccc3n4-c3cc(OC(C)C)ccn3)cc(C(C)C)c2)c(C(C)(C)CC)c1-c1ccc(C)cc1.[Pt+2]. The maximum atomic E-state index is 6.71. The number of nitrogens with zero attached hydrogens (tertiary/aromatic N) is 4. The average Bonchev–Trinajstić information content (AvgIpc) is 3.68. The van der Waals surface area contributed by atoms with Crippen molar-refractivity contribution in [3.8, 4) is 39.9 Å². The van der Waals surface area contributed by atoms with Crippen LogP contribution in [-0.4, -0.2) is 25.4 Å². The van der Waals surface area contributed by atoms with Gasteiger partial charge in [0.15, 0.2) is 0 Å². The van der Waals surface area contributed by atoms with Crippen molar-refractivity contribution in [1.82, 2.24) is 19.3 Å². The van der Waals surface area contributed by atoms with Crippen molar-refractivity contribution in [1.29, 1.82) is 0 Å². The summed E-state index contributed by atoms with van der Waals surface area (Å²) in [5.74, 6) is 3.01. The largest absolute Gasteiger partial charge is 2.00 e. The molecule has 0 fully saturated rings. The van der Waals surface area contributed by atoms with Gasteiger partial charge in [0.25, 0.3) is 0 Å². The van der Waals surface area contributed by atoms with Crippen LogP contribution >= 0.6 is 0 Å². The molecule has 53 heavy (non-hydrogen) atoms. The second-order valence-corrected chi connectivity index (χ2v) is 14.9. The molecule has 0 radical (unpaired) electrons. The zero-order valence-corrected chi connectivity index (χ0v) is 34.4. The molecule has 0 aliphatic heterocycles. The number of rotatable bonds is 11. The minimum absolute atomic E-state index is 0. The number of ether oxygens (including phenoxy) is 2. The number of para-hydroxylation sites is 1. The predicted molar refractivity (Wildman–Crippen MR) is 213 cm³/mol. The second-order valence-electron chi connectivity index (χ2n) is 14.9. The van der Waals surface area contributed by atoms with Gasteiger partial charge in [0.05, 0.1) is 17.5 Å². The van der Waals surface area contributed by atoms with Crippen LogP contribution in [0.1, 0.15) is 90.2 Å². The van der Waals surface area contributed by atoms with E-state index in [1.165, 1.54) is 22.4 Å². The Morgan fingerprint density at radius 3 is 2.28 bits per heavy atom. The van der Waals surface area contributed by atoms with Gasteiger partial charge in [-0.05, 0) is 68.3 Å². The summed E-state index contributed by atoms with van der Waals surface area (Å²) in [6.45, 7) is 19.6. The van der Waals surface area contributed by atoms with Crippen molar-refractivity contribution in [3.63, 3.8) is 0 Å². The van der Waals surface area contributed by atoms with Gasteiger partial charge < -0.3 is 14.0 Å². The number of fused-ring (bicyclic) bond motifs is 3. The molecule has 6 nitrogen and oxygen atoms in total. The van der Waals surface area contributed by atoms with E-state index in [1.807, 2.05) is 32.0 Å². The van der Waals surface area contributed by atoms with E-state index in [0.717, 1.165) is 63.2 Å². The van der Waals surface area contributed by atoms with Crippen molar-refractivity contribution >= 4 is 21.8 Å². The Morgan fingerprint density at radius 2 is 1.58 bits per heavy atom. The molecule has 0 unspecified atom stereocenters. The molecule has 0 N–H and O–H groups in total. The summed E-state index contributed by atoms with van der Waals surface area (Å²) >= 11 is 0. The van der Waals surface area contributed by atoms with E-state index >= 15 is 0 Å². The molecule has 274 valence electrons. The van der Waals surface area contributed by atoms with Crippen molar-refractivity contribution in [2.24, 2.45) is 0 Å². The van der Waals surface area contributed by atoms with E-state index in [2.05, 4.69) is 137 Å². The van der Waals surface area contributed by atoms with Gasteiger partial charge >= 0.3 is 21.1 Å². The molecule has 0 aliphatic carbocycles. The van der Waals surface area contributed by atoms with Gasteiger partial charge in [-0.2, -0.15) is 11.2 Å². The topological polar surface area (TPSA) is 54.1 Å². The molecule has 3 aromatic heterocycles. The molecule has 7 aromatic rings. The van der Waals surface area contributed by atoms with Crippen LogP contribution in [0, 0.1) is 19.1 Å². The maximum absolute atomic E-state index is 6.71. The zero-order valence-electron chi connectivity index (χ0n) is 32.2. The number of benzene rings is 4. The van der Waals surface area contributed by atoms with Crippen LogP contribution in [0.4, 0.5) is 0 Å². The Labute approximate surface area is 328 Å². The molecule has 4 aromatic carbocycles. The minimum atomic E-state index is -0.152. The zero-order chi connectivity index (χ0) is 36.7. The molecular weight excluding hydrogens is 836 g/mol. The molecule has 7 heteroatoms. The number of pyridine rings is 1. The van der Waals surface area contributed by atoms with E-state index in [4.69, 9.17) is 19.6 Å². The third-order valence-electron chi connectivity index (χ3n) is 10.00. The van der Waals surface area contributed by atoms with Crippen molar-refractivity contribution in [2.45, 2.75) is 92.6 Å². The fourth-order valence-corrected chi connectivity index (χ4v) is 6.91. The van der Waals surface area contributed by atoms with Crippen molar-refractivity contribution in [2.75, 3.05) is 0 Å². The van der Waals surface area contributed by atoms with Crippen molar-refractivity contribution < 1.29 is 30.5 Å². The number of aryl methyl sites for hydroxylation is 2. The molecule has 0 bridgehead atoms. The standard InChI is InChI=1S/C46H48N4O2.Pt/c1-10-40-44(32-18-16-31(7)17-19-32)45(46(8,9)11-2)50(48-40)34-24-33(29(3)4)25-37(26-34)52-35-20-21-39-38-14-12-13-15-41(38)49(42(39)27-35)43-28-36(22-23-47-43)51-30(5)6;/h12-25,28-30H,10-11H2,1-9H3;/q-2;+2. The van der Waals surface area contributed by atoms with Crippen LogP contribution < -0.4 is 9.47 Å². The number of hydrogen-bond acceptors (Lipinski definition) is 4. The first-order valence-corrected chi connectivity index (χ1v) is 18.5. The van der Waals surface area contributed by atoms with E-state index in [1.54, 1.807) is 6.20 Å². The van der Waals surface area contributed by atoms with E-state index < -0.39 is 0 Å². The van der Waals surface area contributed by atoms with Crippen LogP contribution in [0.25, 0.3) is 44.4 Å². The summed E-state index contributed by atoms with van der Waals surface area (Å²) in [5, 5.41) is 7.49. The monoisotopic (exact) mass is 883 g/mol. The molecule has 7 rings (SSSR count). The van der Waals surface area contributed by atoms with E-state index in [0.29, 0.717) is 11.5 Å². The molecule has 0 saturated carbocycles. The molecule has 0 atom stereocenters. The third-order valence-corrected chi connectivity index (χ3v) is 10.00. The predicted octanol–water partition coefficient (Wildman–Crippen LogP) is 11.9. The van der Waals surface area contributed by atoms with Crippen LogP contribution in [0.15, 0.2) is 91.1 Å². The summed E-state index contributed by atoms with van der Waals surface area (Å²) in [5.41, 5.74) is 9.69. The molecule has 0 aliphatic rings. The molecule has 0 saturated heterocycles. The normalized spacial score (nSPS) is 11.8. The van der Waals surface area contributed by atoms with Gasteiger partial charge in [-0.25, -0.2) is 4.98 Å². The summed E-state index contributed by atoms with van der Waals surface area (Å²) in [6.07, 6.45) is 3.62. The number of aromatic nitrogens is 4. The summed E-state index contributed by atoms with van der Waals surface area (Å²) < 4.78 is 17.0. The Balaban J connectivity index is 0.00000481. The number of hydrogen-bond donors (Lipinski definition) is 0. The van der Waals surface area contributed by atoms with Crippen molar-refractivity contribution in [3.05, 3.63) is 126 Å². The third kappa shape index (κ3) is 7.44. The van der Waals surface area contributed by atoms with Gasteiger partial charge in [0.2, 0.25) is 0 Å². The molecule has 0 amide bonds. The Bertz CT molecular complexity index is 2380. The Hall–Kier alpha value is -4.67. The first kappa shape index (κ1) is 38.1. The first-order chi connectivity index (χ1) is 25.0. The summed E-state index contributed by atoms with van der Waals surface area (Å²) in [6, 6.07) is 36.7. The van der Waals surface area contributed by atoms with Crippen LogP contribution in [0.2, 0.25) is 0 Å². The van der Waals surface area contributed by atoms with Gasteiger partial charge in [-0.1, -0.05) is 95.1 Å². The van der Waals surface area contributed by atoms with Gasteiger partial charge in [-0.3, -0.25) is 4.68 Å². The average molecular weight is 884 g/mol. The Morgan fingerprint density at radius 1 is 0.830 bits per heavy atom.